The summed E-state index contributed by atoms with van der Waals surface area (Å²) in [6.45, 7) is 2.66. The van der Waals surface area contributed by atoms with Crippen molar-refractivity contribution in [2.45, 2.75) is 57.4 Å². The number of hydrogen-bond donors (Lipinski definition) is 3. The summed E-state index contributed by atoms with van der Waals surface area (Å²) in [7, 11) is 0. The number of ether oxygens (including phenoxy) is 1. The number of aliphatic carboxylic acids is 1. The Morgan fingerprint density at radius 2 is 1.57 bits per heavy atom. The highest BCUT2D eigenvalue weighted by Crippen LogP contribution is 2.44. The highest BCUT2D eigenvalue weighted by molar-refractivity contribution is 5.85. The first-order chi connectivity index (χ1) is 17.0. The molecule has 0 unspecified atom stereocenters. The second kappa shape index (κ2) is 11.4. The molecule has 2 aliphatic rings. The van der Waals surface area contributed by atoms with Crippen molar-refractivity contribution in [2.75, 3.05) is 13.2 Å². The Morgan fingerprint density at radius 3 is 2.14 bits per heavy atom. The van der Waals surface area contributed by atoms with Gasteiger partial charge in [0.2, 0.25) is 5.91 Å². The number of carboxylic acids is 1. The molecule has 35 heavy (non-hydrogen) atoms. The number of nitrogens with one attached hydrogen (secondary N) is 2. The lowest BCUT2D eigenvalue weighted by Gasteiger charge is -2.27. The fourth-order valence-corrected chi connectivity index (χ4v) is 5.32. The summed E-state index contributed by atoms with van der Waals surface area (Å²) in [6.07, 6.45) is 3.53. The number of amides is 2. The van der Waals surface area contributed by atoms with E-state index in [9.17, 15) is 14.4 Å². The largest absolute Gasteiger partial charge is 0.481 e. The number of hydrogen-bond acceptors (Lipinski definition) is 4. The Labute approximate surface area is 206 Å². The van der Waals surface area contributed by atoms with Crippen molar-refractivity contribution in [3.05, 3.63) is 59.7 Å². The van der Waals surface area contributed by atoms with E-state index in [0.29, 0.717) is 25.8 Å². The molecule has 1 atom stereocenters. The van der Waals surface area contributed by atoms with Crippen LogP contribution in [0.1, 0.15) is 62.5 Å². The minimum absolute atomic E-state index is 0.0347. The van der Waals surface area contributed by atoms with Crippen molar-refractivity contribution in [2.24, 2.45) is 11.8 Å². The predicted molar refractivity (Wildman–Crippen MR) is 133 cm³/mol. The number of carbonyl (C=O) groups excluding carboxylic acids is 2. The summed E-state index contributed by atoms with van der Waals surface area (Å²) in [6, 6.07) is 15.7. The molecule has 0 heterocycles. The highest BCUT2D eigenvalue weighted by atomic mass is 16.5. The first kappa shape index (κ1) is 24.8. The quantitative estimate of drug-likeness (QED) is 0.485. The molecule has 4 rings (SSSR count). The van der Waals surface area contributed by atoms with E-state index in [-0.39, 0.29) is 30.3 Å². The van der Waals surface area contributed by atoms with Gasteiger partial charge in [0.15, 0.2) is 0 Å². The van der Waals surface area contributed by atoms with Crippen LogP contribution >= 0.6 is 0 Å². The summed E-state index contributed by atoms with van der Waals surface area (Å²) in [4.78, 5) is 36.6. The van der Waals surface area contributed by atoms with E-state index in [1.165, 1.54) is 0 Å². The first-order valence-corrected chi connectivity index (χ1v) is 12.6. The topological polar surface area (TPSA) is 105 Å². The predicted octanol–water partition coefficient (Wildman–Crippen LogP) is 4.70. The minimum atomic E-state index is -0.734. The maximum Gasteiger partial charge on any atom is 0.407 e. The van der Waals surface area contributed by atoms with Crippen LogP contribution < -0.4 is 10.6 Å². The fraction of sp³-hybridized carbons (Fsp3) is 0.464. The zero-order valence-corrected chi connectivity index (χ0v) is 20.2. The zero-order valence-electron chi connectivity index (χ0n) is 20.2. The van der Waals surface area contributed by atoms with Crippen LogP contribution in [0, 0.1) is 11.8 Å². The van der Waals surface area contributed by atoms with Crippen molar-refractivity contribution >= 4 is 18.0 Å². The van der Waals surface area contributed by atoms with E-state index in [4.69, 9.17) is 9.84 Å². The molecule has 1 saturated carbocycles. The van der Waals surface area contributed by atoms with E-state index in [1.807, 2.05) is 31.2 Å². The summed E-state index contributed by atoms with van der Waals surface area (Å²) in [5, 5.41) is 14.8. The van der Waals surface area contributed by atoms with Crippen LogP contribution in [0.4, 0.5) is 4.79 Å². The molecule has 186 valence electrons. The van der Waals surface area contributed by atoms with Crippen molar-refractivity contribution in [3.63, 3.8) is 0 Å². The van der Waals surface area contributed by atoms with Crippen LogP contribution in [0.25, 0.3) is 11.1 Å². The van der Waals surface area contributed by atoms with Gasteiger partial charge >= 0.3 is 12.1 Å². The first-order valence-electron chi connectivity index (χ1n) is 12.6. The summed E-state index contributed by atoms with van der Waals surface area (Å²) in [5.41, 5.74) is 4.61. The number of carboxylic acid groups (broad SMARTS) is 1. The monoisotopic (exact) mass is 478 g/mol. The van der Waals surface area contributed by atoms with Crippen LogP contribution in [-0.4, -0.2) is 42.3 Å². The van der Waals surface area contributed by atoms with E-state index in [2.05, 4.69) is 34.9 Å². The van der Waals surface area contributed by atoms with Crippen LogP contribution in [0.15, 0.2) is 48.5 Å². The maximum absolute atomic E-state index is 12.8. The van der Waals surface area contributed by atoms with Crippen molar-refractivity contribution in [3.8, 4) is 11.1 Å². The molecule has 1 fully saturated rings. The molecule has 0 spiro atoms. The number of rotatable bonds is 9. The third-order valence-corrected chi connectivity index (χ3v) is 7.29. The van der Waals surface area contributed by atoms with E-state index in [0.717, 1.165) is 41.5 Å². The van der Waals surface area contributed by atoms with Crippen LogP contribution in [-0.2, 0) is 14.3 Å². The number of benzene rings is 2. The normalized spacial score (nSPS) is 19.8. The van der Waals surface area contributed by atoms with Gasteiger partial charge in [0.1, 0.15) is 12.6 Å². The number of alkyl carbamates (subject to hydrolysis) is 1. The molecule has 0 saturated heterocycles. The van der Waals surface area contributed by atoms with Crippen molar-refractivity contribution in [1.29, 1.82) is 0 Å². The molecule has 3 N–H and O–H groups in total. The van der Waals surface area contributed by atoms with Crippen LogP contribution in [0.5, 0.6) is 0 Å². The molecule has 0 aliphatic heterocycles. The third-order valence-electron chi connectivity index (χ3n) is 7.29. The summed E-state index contributed by atoms with van der Waals surface area (Å²) >= 11 is 0. The second-order valence-corrected chi connectivity index (χ2v) is 9.61. The summed E-state index contributed by atoms with van der Waals surface area (Å²) in [5.74, 6) is -0.993. The lowest BCUT2D eigenvalue weighted by Crippen LogP contribution is -2.48. The molecule has 7 heteroatoms. The standard InChI is InChI=1S/C28H34N2O5/c1-2-7-25(26(31)29-16-18-12-14-19(15-13-18)27(32)33)30-28(34)35-17-24-22-10-5-3-8-20(22)21-9-4-6-11-23(21)24/h3-6,8-11,18-19,24-25H,2,7,12-17H2,1H3,(H,29,31)(H,30,34)(H,32,33)/t18?,19?,25-/m1/s1. The van der Waals surface area contributed by atoms with E-state index >= 15 is 0 Å². The Morgan fingerprint density at radius 1 is 0.971 bits per heavy atom. The lowest BCUT2D eigenvalue weighted by atomic mass is 9.82. The average Bonchev–Trinajstić information content (AvgIpc) is 3.19. The zero-order chi connectivity index (χ0) is 24.8. The van der Waals surface area contributed by atoms with Gasteiger partial charge in [-0.15, -0.1) is 0 Å². The molecule has 2 aliphatic carbocycles. The lowest BCUT2D eigenvalue weighted by molar-refractivity contribution is -0.143. The van der Waals surface area contributed by atoms with Gasteiger partial charge in [-0.1, -0.05) is 61.9 Å². The molecule has 2 aromatic carbocycles. The molecule has 0 bridgehead atoms. The molecule has 0 aromatic heterocycles. The third kappa shape index (κ3) is 5.84. The molecule has 2 aromatic rings. The second-order valence-electron chi connectivity index (χ2n) is 9.61. The van der Waals surface area contributed by atoms with Gasteiger partial charge in [-0.3, -0.25) is 9.59 Å². The van der Waals surface area contributed by atoms with Gasteiger partial charge in [-0.05, 0) is 60.3 Å². The molecule has 2 amide bonds. The minimum Gasteiger partial charge on any atom is -0.481 e. The van der Waals surface area contributed by atoms with E-state index < -0.39 is 18.1 Å². The van der Waals surface area contributed by atoms with Gasteiger partial charge in [-0.2, -0.15) is 0 Å². The SMILES string of the molecule is CCC[C@@H](NC(=O)OCC1c2ccccc2-c2ccccc21)C(=O)NCC1CCC(C(=O)O)CC1. The molecular weight excluding hydrogens is 444 g/mol. The molecule has 0 radical (unpaired) electrons. The molecular formula is C28H34N2O5. The Kier molecular flexibility index (Phi) is 8.06. The van der Waals surface area contributed by atoms with Crippen LogP contribution in [0.3, 0.4) is 0 Å². The van der Waals surface area contributed by atoms with Gasteiger partial charge in [0, 0.05) is 12.5 Å². The van der Waals surface area contributed by atoms with Crippen molar-refractivity contribution in [1.82, 2.24) is 10.6 Å². The maximum atomic E-state index is 12.8. The van der Waals surface area contributed by atoms with Gasteiger partial charge in [-0.25, -0.2) is 4.79 Å². The van der Waals surface area contributed by atoms with Crippen molar-refractivity contribution < 1.29 is 24.2 Å². The Balaban J connectivity index is 1.29. The van der Waals surface area contributed by atoms with E-state index in [1.54, 1.807) is 0 Å². The highest BCUT2D eigenvalue weighted by Gasteiger charge is 2.30. The smallest absolute Gasteiger partial charge is 0.407 e. The van der Waals surface area contributed by atoms with Gasteiger partial charge in [0.05, 0.1) is 5.92 Å². The molecule has 7 nitrogen and oxygen atoms in total. The Hall–Kier alpha value is -3.35. The van der Waals surface area contributed by atoms with Crippen LogP contribution in [0.2, 0.25) is 0 Å². The fourth-order valence-electron chi connectivity index (χ4n) is 5.32. The average molecular weight is 479 g/mol. The number of carbonyl (C=O) groups is 3. The van der Waals surface area contributed by atoms with Gasteiger partial charge in [0.25, 0.3) is 0 Å². The summed E-state index contributed by atoms with van der Waals surface area (Å²) < 4.78 is 5.61. The number of fused-ring (bicyclic) bond motifs is 3. The Bertz CT molecular complexity index is 1020. The van der Waals surface area contributed by atoms with Gasteiger partial charge < -0.3 is 20.5 Å².